The van der Waals surface area contributed by atoms with E-state index in [0.717, 1.165) is 17.1 Å². The smallest absolute Gasteiger partial charge is 0.0412 e. The maximum Gasteiger partial charge on any atom is 0.0412 e. The van der Waals surface area contributed by atoms with Gasteiger partial charge in [0.15, 0.2) is 0 Å². The van der Waals surface area contributed by atoms with Crippen LogP contribution in [0.25, 0.3) is 0 Å². The monoisotopic (exact) mass is 324 g/mol. The second kappa shape index (κ2) is 5.84. The number of rotatable bonds is 4. The molecule has 0 spiro atoms. The maximum absolute atomic E-state index is 3.59. The Morgan fingerprint density at radius 2 is 2.00 bits per heavy atom. The average molecular weight is 325 g/mol. The molecular formula is C16H25BrN2. The van der Waals surface area contributed by atoms with E-state index in [9.17, 15) is 0 Å². The molecule has 0 heterocycles. The van der Waals surface area contributed by atoms with Crippen LogP contribution in [-0.4, -0.2) is 18.6 Å². The summed E-state index contributed by atoms with van der Waals surface area (Å²) >= 11 is 3.59. The molecule has 0 aliphatic heterocycles. The van der Waals surface area contributed by atoms with E-state index in [1.165, 1.54) is 30.5 Å². The summed E-state index contributed by atoms with van der Waals surface area (Å²) in [5.41, 5.74) is 2.89. The van der Waals surface area contributed by atoms with Gasteiger partial charge in [0.2, 0.25) is 0 Å². The predicted molar refractivity (Wildman–Crippen MR) is 86.8 cm³/mol. The van der Waals surface area contributed by atoms with Gasteiger partial charge in [-0.25, -0.2) is 0 Å². The quantitative estimate of drug-likeness (QED) is 0.886. The molecule has 0 atom stereocenters. The molecule has 3 heteroatoms. The Bertz CT molecular complexity index is 433. The fourth-order valence-electron chi connectivity index (χ4n) is 2.37. The third kappa shape index (κ3) is 3.96. The van der Waals surface area contributed by atoms with E-state index in [0.29, 0.717) is 0 Å². The van der Waals surface area contributed by atoms with Crippen LogP contribution in [-0.2, 0) is 6.54 Å². The second-order valence-electron chi connectivity index (χ2n) is 6.57. The van der Waals surface area contributed by atoms with Crippen molar-refractivity contribution < 1.29 is 0 Å². The lowest BCUT2D eigenvalue weighted by Crippen LogP contribution is -2.39. The van der Waals surface area contributed by atoms with Crippen LogP contribution in [0.5, 0.6) is 0 Å². The Morgan fingerprint density at radius 1 is 1.32 bits per heavy atom. The Morgan fingerprint density at radius 3 is 2.53 bits per heavy atom. The molecule has 1 aromatic rings. The van der Waals surface area contributed by atoms with Crippen LogP contribution in [0, 0.1) is 0 Å². The molecule has 19 heavy (non-hydrogen) atoms. The van der Waals surface area contributed by atoms with Gasteiger partial charge in [-0.3, -0.25) is 0 Å². The molecule has 1 aromatic carbocycles. The van der Waals surface area contributed by atoms with E-state index >= 15 is 0 Å². The summed E-state index contributed by atoms with van der Waals surface area (Å²) in [7, 11) is 2.23. The molecule has 2 rings (SSSR count). The Hall–Kier alpha value is -0.540. The normalized spacial score (nSPS) is 16.3. The molecule has 1 N–H and O–H groups in total. The lowest BCUT2D eigenvalue weighted by atomic mass is 9.91. The molecule has 0 aromatic heterocycles. The largest absolute Gasteiger partial charge is 0.371 e. The van der Waals surface area contributed by atoms with E-state index in [4.69, 9.17) is 0 Å². The van der Waals surface area contributed by atoms with Crippen molar-refractivity contribution in [2.24, 2.45) is 0 Å². The zero-order valence-electron chi connectivity index (χ0n) is 12.5. The zero-order valence-corrected chi connectivity index (χ0v) is 14.0. The topological polar surface area (TPSA) is 15.3 Å². The summed E-state index contributed by atoms with van der Waals surface area (Å²) in [4.78, 5) is 2.45. The number of benzene rings is 1. The van der Waals surface area contributed by atoms with Crippen LogP contribution in [0.2, 0.25) is 0 Å². The van der Waals surface area contributed by atoms with Crippen molar-refractivity contribution in [3.63, 3.8) is 0 Å². The lowest BCUT2D eigenvalue weighted by Gasteiger charge is -2.37. The first-order valence-electron chi connectivity index (χ1n) is 7.13. The number of anilines is 1. The van der Waals surface area contributed by atoms with Crippen molar-refractivity contribution in [3.8, 4) is 0 Å². The third-order valence-corrected chi connectivity index (χ3v) is 4.35. The summed E-state index contributed by atoms with van der Waals surface area (Å²) in [6, 6.07) is 7.35. The summed E-state index contributed by atoms with van der Waals surface area (Å²) in [6.07, 6.45) is 4.04. The van der Waals surface area contributed by atoms with Crippen molar-refractivity contribution in [2.75, 3.05) is 11.9 Å². The molecule has 0 unspecified atom stereocenters. The SMILES string of the molecule is CN(c1ccc(Br)cc1CNC(C)(C)C)C1CCC1. The lowest BCUT2D eigenvalue weighted by molar-refractivity contribution is 0.398. The summed E-state index contributed by atoms with van der Waals surface area (Å²) in [5.74, 6) is 0. The Labute approximate surface area is 125 Å². The molecule has 1 fully saturated rings. The molecule has 106 valence electrons. The highest BCUT2D eigenvalue weighted by Crippen LogP contribution is 2.31. The molecule has 0 bridgehead atoms. The zero-order chi connectivity index (χ0) is 14.0. The van der Waals surface area contributed by atoms with Gasteiger partial charge >= 0.3 is 0 Å². The minimum absolute atomic E-state index is 0.147. The van der Waals surface area contributed by atoms with Gasteiger partial charge in [0.25, 0.3) is 0 Å². The van der Waals surface area contributed by atoms with Crippen LogP contribution in [0.3, 0.4) is 0 Å². The van der Waals surface area contributed by atoms with E-state index < -0.39 is 0 Å². The molecule has 2 nitrogen and oxygen atoms in total. The van der Waals surface area contributed by atoms with Gasteiger partial charge in [-0.15, -0.1) is 0 Å². The predicted octanol–water partition coefficient (Wildman–Crippen LogP) is 4.33. The van der Waals surface area contributed by atoms with Crippen molar-refractivity contribution >= 4 is 21.6 Å². The van der Waals surface area contributed by atoms with Crippen molar-refractivity contribution in [1.82, 2.24) is 5.32 Å². The highest BCUT2D eigenvalue weighted by molar-refractivity contribution is 9.10. The summed E-state index contributed by atoms with van der Waals surface area (Å²) in [6.45, 7) is 7.54. The van der Waals surface area contributed by atoms with E-state index in [1.54, 1.807) is 0 Å². The van der Waals surface area contributed by atoms with Crippen molar-refractivity contribution in [3.05, 3.63) is 28.2 Å². The van der Waals surface area contributed by atoms with E-state index in [2.05, 4.69) is 72.2 Å². The first kappa shape index (κ1) is 14.9. The number of nitrogens with zero attached hydrogens (tertiary/aromatic N) is 1. The van der Waals surface area contributed by atoms with Gasteiger partial charge in [-0.1, -0.05) is 15.9 Å². The maximum atomic E-state index is 3.59. The van der Waals surface area contributed by atoms with E-state index in [1.807, 2.05) is 0 Å². The standard InChI is InChI=1S/C16H25BrN2/c1-16(2,3)18-11-12-10-13(17)8-9-15(12)19(4)14-6-5-7-14/h8-10,14,18H,5-7,11H2,1-4H3. The molecule has 1 aliphatic rings. The molecular weight excluding hydrogens is 300 g/mol. The average Bonchev–Trinajstić information content (AvgIpc) is 2.23. The Balaban J connectivity index is 2.17. The first-order chi connectivity index (χ1) is 8.87. The molecule has 0 radical (unpaired) electrons. The first-order valence-corrected chi connectivity index (χ1v) is 7.92. The third-order valence-electron chi connectivity index (χ3n) is 3.85. The van der Waals surface area contributed by atoms with Crippen LogP contribution in [0.15, 0.2) is 22.7 Å². The number of nitrogens with one attached hydrogen (secondary N) is 1. The fourth-order valence-corrected chi connectivity index (χ4v) is 2.78. The van der Waals surface area contributed by atoms with Crippen LogP contribution in [0.4, 0.5) is 5.69 Å². The summed E-state index contributed by atoms with van der Waals surface area (Å²) < 4.78 is 1.16. The molecule has 1 saturated carbocycles. The van der Waals surface area contributed by atoms with Gasteiger partial charge in [-0.2, -0.15) is 0 Å². The van der Waals surface area contributed by atoms with Crippen LogP contribution < -0.4 is 10.2 Å². The van der Waals surface area contributed by atoms with Gasteiger partial charge < -0.3 is 10.2 Å². The van der Waals surface area contributed by atoms with Crippen LogP contribution >= 0.6 is 15.9 Å². The minimum atomic E-state index is 0.147. The minimum Gasteiger partial charge on any atom is -0.371 e. The highest BCUT2D eigenvalue weighted by atomic mass is 79.9. The second-order valence-corrected chi connectivity index (χ2v) is 7.49. The fraction of sp³-hybridized carbons (Fsp3) is 0.625. The van der Waals surface area contributed by atoms with Crippen LogP contribution in [0.1, 0.15) is 45.6 Å². The number of hydrogen-bond acceptors (Lipinski definition) is 2. The highest BCUT2D eigenvalue weighted by Gasteiger charge is 2.24. The van der Waals surface area contributed by atoms with Gasteiger partial charge in [-0.05, 0) is 63.8 Å². The van der Waals surface area contributed by atoms with Gasteiger partial charge in [0.1, 0.15) is 0 Å². The molecule has 0 saturated heterocycles. The van der Waals surface area contributed by atoms with Gasteiger partial charge in [0.05, 0.1) is 0 Å². The summed E-state index contributed by atoms with van der Waals surface area (Å²) in [5, 5.41) is 3.59. The van der Waals surface area contributed by atoms with E-state index in [-0.39, 0.29) is 5.54 Å². The van der Waals surface area contributed by atoms with Crippen molar-refractivity contribution in [2.45, 2.75) is 58.2 Å². The number of hydrogen-bond donors (Lipinski definition) is 1. The number of halogens is 1. The molecule has 1 aliphatic carbocycles. The van der Waals surface area contributed by atoms with Gasteiger partial charge in [0, 0.05) is 35.3 Å². The molecule has 0 amide bonds. The Kier molecular flexibility index (Phi) is 4.57. The van der Waals surface area contributed by atoms with Crippen molar-refractivity contribution in [1.29, 1.82) is 0 Å².